The van der Waals surface area contributed by atoms with Crippen molar-refractivity contribution in [3.8, 4) is 33.4 Å². The first kappa shape index (κ1) is 32.2. The molecule has 240 valence electrons. The molecule has 0 N–H and O–H groups in total. The van der Waals surface area contributed by atoms with Crippen molar-refractivity contribution in [2.45, 2.75) is 13.3 Å². The maximum absolute atomic E-state index is 14.7. The van der Waals surface area contributed by atoms with Gasteiger partial charge in [0.1, 0.15) is 0 Å². The van der Waals surface area contributed by atoms with Gasteiger partial charge in [0.05, 0.1) is 0 Å². The monoisotopic (exact) mass is 642 g/mol. The predicted molar refractivity (Wildman–Crippen MR) is 211 cm³/mol. The van der Waals surface area contributed by atoms with Gasteiger partial charge in [0, 0.05) is 11.1 Å². The highest BCUT2D eigenvalue weighted by Gasteiger charge is 2.20. The number of allylic oxidation sites excluding steroid dienone is 1. The molecule has 0 fully saturated rings. The van der Waals surface area contributed by atoms with Crippen LogP contribution in [0.5, 0.6) is 0 Å². The summed E-state index contributed by atoms with van der Waals surface area (Å²) in [4.78, 5) is 14.7. The van der Waals surface area contributed by atoms with Crippen LogP contribution in [-0.2, 0) is 0 Å². The minimum absolute atomic E-state index is 0.0242. The molecule has 0 heterocycles. The average Bonchev–Trinajstić information content (AvgIpc) is 3.20. The van der Waals surface area contributed by atoms with Crippen LogP contribution in [-0.4, -0.2) is 5.78 Å². The summed E-state index contributed by atoms with van der Waals surface area (Å²) >= 11 is 0. The molecule has 0 saturated heterocycles. The second-order valence-electron chi connectivity index (χ2n) is 12.4. The Kier molecular flexibility index (Phi) is 9.58. The summed E-state index contributed by atoms with van der Waals surface area (Å²) in [5.41, 5.74) is 13.7. The quantitative estimate of drug-likeness (QED) is 0.136. The molecule has 0 spiro atoms. The van der Waals surface area contributed by atoms with Crippen LogP contribution in [0.25, 0.3) is 44.5 Å². The van der Waals surface area contributed by atoms with Crippen LogP contribution >= 0.6 is 0 Å². The van der Waals surface area contributed by atoms with Crippen molar-refractivity contribution < 1.29 is 4.79 Å². The van der Waals surface area contributed by atoms with Crippen LogP contribution in [0.15, 0.2) is 195 Å². The van der Waals surface area contributed by atoms with E-state index in [-0.39, 0.29) is 5.78 Å². The molecule has 0 aromatic heterocycles. The van der Waals surface area contributed by atoms with Crippen LogP contribution in [0.1, 0.15) is 51.5 Å². The molecule has 0 aliphatic carbocycles. The molecule has 50 heavy (non-hydrogen) atoms. The van der Waals surface area contributed by atoms with Crippen LogP contribution in [0.3, 0.4) is 0 Å². The van der Waals surface area contributed by atoms with Gasteiger partial charge in [0.2, 0.25) is 0 Å². The fourth-order valence-electron chi connectivity index (χ4n) is 6.74. The SMILES string of the molecule is C=C(c1cc(C(=O)c2ccccc2-c2ccccc2)cc(/C(=C/CC)c2ccccc2-c2ccccc2)c1)c1ccccc1-c1ccccc1. The molecule has 0 aliphatic rings. The van der Waals surface area contributed by atoms with Crippen LogP contribution in [0.4, 0.5) is 0 Å². The summed E-state index contributed by atoms with van der Waals surface area (Å²) in [6.45, 7) is 6.83. The summed E-state index contributed by atoms with van der Waals surface area (Å²) in [6, 6.07) is 62.1. The summed E-state index contributed by atoms with van der Waals surface area (Å²) in [5, 5.41) is 0. The van der Waals surface area contributed by atoms with Gasteiger partial charge in [-0.2, -0.15) is 0 Å². The van der Waals surface area contributed by atoms with Gasteiger partial charge in [0.25, 0.3) is 0 Å². The van der Waals surface area contributed by atoms with Crippen molar-refractivity contribution in [3.63, 3.8) is 0 Å². The Morgan fingerprint density at radius 2 is 0.840 bits per heavy atom. The predicted octanol–water partition coefficient (Wildman–Crippen LogP) is 12.8. The first-order chi connectivity index (χ1) is 24.6. The van der Waals surface area contributed by atoms with Gasteiger partial charge in [-0.05, 0) is 91.4 Å². The van der Waals surface area contributed by atoms with Gasteiger partial charge >= 0.3 is 0 Å². The van der Waals surface area contributed by atoms with E-state index in [0.717, 1.165) is 73.2 Å². The normalized spacial score (nSPS) is 11.3. The summed E-state index contributed by atoms with van der Waals surface area (Å²) in [7, 11) is 0. The topological polar surface area (TPSA) is 17.1 Å². The van der Waals surface area contributed by atoms with E-state index in [9.17, 15) is 4.79 Å². The molecular formula is C49H38O. The van der Waals surface area contributed by atoms with Gasteiger partial charge in [-0.25, -0.2) is 0 Å². The third-order valence-electron chi connectivity index (χ3n) is 9.16. The zero-order valence-corrected chi connectivity index (χ0v) is 28.2. The number of carbonyl (C=O) groups excluding carboxylic acids is 1. The molecule has 0 atom stereocenters. The first-order valence-electron chi connectivity index (χ1n) is 17.2. The van der Waals surface area contributed by atoms with Crippen molar-refractivity contribution in [2.24, 2.45) is 0 Å². The number of hydrogen-bond donors (Lipinski definition) is 0. The standard InChI is InChI=1S/C49H38O/c1-3-19-43(47-30-17-15-28-45(47)37-22-9-5-10-23-37)40-32-39(35(2)42-26-13-14-27-44(42)36-20-7-4-8-21-36)33-41(34-40)49(50)48-31-18-16-29-46(48)38-24-11-6-12-25-38/h4-34H,2-3H2,1H3/b43-19-. The number of carbonyl (C=O) groups is 1. The molecule has 0 saturated carbocycles. The number of ketones is 1. The van der Waals surface area contributed by atoms with E-state index in [4.69, 9.17) is 0 Å². The van der Waals surface area contributed by atoms with E-state index in [0.29, 0.717) is 11.1 Å². The van der Waals surface area contributed by atoms with E-state index in [1.807, 2.05) is 60.7 Å². The minimum atomic E-state index is -0.0242. The molecular weight excluding hydrogens is 605 g/mol. The smallest absolute Gasteiger partial charge is 0.193 e. The Morgan fingerprint density at radius 1 is 0.460 bits per heavy atom. The van der Waals surface area contributed by atoms with E-state index in [1.54, 1.807) is 0 Å². The molecule has 7 aromatic carbocycles. The second kappa shape index (κ2) is 14.8. The second-order valence-corrected chi connectivity index (χ2v) is 12.4. The number of hydrogen-bond acceptors (Lipinski definition) is 1. The third-order valence-corrected chi connectivity index (χ3v) is 9.16. The van der Waals surface area contributed by atoms with Crippen LogP contribution < -0.4 is 0 Å². The molecule has 1 heteroatoms. The lowest BCUT2D eigenvalue weighted by Crippen LogP contribution is -2.06. The van der Waals surface area contributed by atoms with Crippen molar-refractivity contribution in [2.75, 3.05) is 0 Å². The average molecular weight is 643 g/mol. The van der Waals surface area contributed by atoms with E-state index in [2.05, 4.69) is 141 Å². The Labute approximate surface area is 295 Å². The fourth-order valence-corrected chi connectivity index (χ4v) is 6.74. The number of benzene rings is 7. The largest absolute Gasteiger partial charge is 0.289 e. The molecule has 0 unspecified atom stereocenters. The molecule has 0 aliphatic heterocycles. The first-order valence-corrected chi connectivity index (χ1v) is 17.2. The molecule has 7 rings (SSSR count). The highest BCUT2D eigenvalue weighted by Crippen LogP contribution is 2.38. The third kappa shape index (κ3) is 6.67. The Bertz CT molecular complexity index is 2200. The van der Waals surface area contributed by atoms with Crippen molar-refractivity contribution in [3.05, 3.63) is 228 Å². The molecule has 0 radical (unpaired) electrons. The minimum Gasteiger partial charge on any atom is -0.289 e. The lowest BCUT2D eigenvalue weighted by Gasteiger charge is -2.19. The highest BCUT2D eigenvalue weighted by molar-refractivity contribution is 6.14. The molecule has 1 nitrogen and oxygen atoms in total. The van der Waals surface area contributed by atoms with E-state index >= 15 is 0 Å². The zero-order valence-electron chi connectivity index (χ0n) is 28.2. The van der Waals surface area contributed by atoms with Gasteiger partial charge in [0.15, 0.2) is 5.78 Å². The highest BCUT2D eigenvalue weighted by atomic mass is 16.1. The van der Waals surface area contributed by atoms with Crippen molar-refractivity contribution >= 4 is 16.9 Å². The van der Waals surface area contributed by atoms with E-state index in [1.165, 1.54) is 0 Å². The van der Waals surface area contributed by atoms with Crippen LogP contribution in [0.2, 0.25) is 0 Å². The summed E-state index contributed by atoms with van der Waals surface area (Å²) < 4.78 is 0. The molecule has 0 bridgehead atoms. The lowest BCUT2D eigenvalue weighted by molar-refractivity contribution is 0.103. The van der Waals surface area contributed by atoms with Gasteiger partial charge < -0.3 is 0 Å². The lowest BCUT2D eigenvalue weighted by atomic mass is 9.84. The maximum Gasteiger partial charge on any atom is 0.193 e. The van der Waals surface area contributed by atoms with Crippen molar-refractivity contribution in [1.82, 2.24) is 0 Å². The fraction of sp³-hybridized carbons (Fsp3) is 0.0408. The summed E-state index contributed by atoms with van der Waals surface area (Å²) in [5.74, 6) is -0.0242. The summed E-state index contributed by atoms with van der Waals surface area (Å²) in [6.07, 6.45) is 3.11. The van der Waals surface area contributed by atoms with Gasteiger partial charge in [-0.3, -0.25) is 4.79 Å². The zero-order chi connectivity index (χ0) is 34.3. The molecule has 0 amide bonds. The van der Waals surface area contributed by atoms with Gasteiger partial charge in [-0.15, -0.1) is 0 Å². The van der Waals surface area contributed by atoms with Crippen LogP contribution in [0, 0.1) is 0 Å². The van der Waals surface area contributed by atoms with Crippen molar-refractivity contribution in [1.29, 1.82) is 0 Å². The Hall–Kier alpha value is -6.31. The Morgan fingerprint density at radius 3 is 1.36 bits per heavy atom. The maximum atomic E-state index is 14.7. The number of rotatable bonds is 10. The van der Waals surface area contributed by atoms with E-state index < -0.39 is 0 Å². The Balaban J connectivity index is 1.43. The van der Waals surface area contributed by atoms with Gasteiger partial charge in [-0.1, -0.05) is 183 Å². The molecule has 7 aromatic rings.